The zero-order valence-electron chi connectivity index (χ0n) is 11.1. The van der Waals surface area contributed by atoms with Crippen LogP contribution in [0.4, 0.5) is 0 Å². The number of rotatable bonds is 2. The summed E-state index contributed by atoms with van der Waals surface area (Å²) in [6.07, 6.45) is 1.57. The van der Waals surface area contributed by atoms with Crippen LogP contribution < -0.4 is 17.2 Å². The van der Waals surface area contributed by atoms with Crippen molar-refractivity contribution in [2.75, 3.05) is 0 Å². The van der Waals surface area contributed by atoms with Gasteiger partial charge in [-0.2, -0.15) is 5.10 Å². The number of fused-ring (bicyclic) bond motifs is 1. The normalized spacial score (nSPS) is 15.4. The smallest absolute Gasteiger partial charge is 0.211 e. The highest BCUT2D eigenvalue weighted by atomic mass is 15.3. The van der Waals surface area contributed by atoms with Crippen LogP contribution in [0.5, 0.6) is 0 Å². The Kier molecular flexibility index (Phi) is 3.25. The summed E-state index contributed by atoms with van der Waals surface area (Å²) in [5.41, 5.74) is 22.2. The predicted molar refractivity (Wildman–Crippen MR) is 77.6 cm³/mol. The highest BCUT2D eigenvalue weighted by Gasteiger charge is 2.25. The number of nitrogens with zero attached hydrogens (tertiary/aromatic N) is 2. The molecule has 0 fully saturated rings. The molecule has 2 rings (SSSR count). The Hall–Kier alpha value is -2.37. The van der Waals surface area contributed by atoms with Crippen molar-refractivity contribution in [3.63, 3.8) is 0 Å². The molecule has 6 heteroatoms. The number of nitrogens with two attached hydrogens (primary N) is 3. The SMILES string of the molecule is Cc1cc(C(=N)N)c2c(c1C)C(=NN=C(N)N)CC2. The van der Waals surface area contributed by atoms with Gasteiger partial charge in [0.1, 0.15) is 5.84 Å². The van der Waals surface area contributed by atoms with Gasteiger partial charge in [-0.15, -0.1) is 5.10 Å². The molecule has 0 saturated heterocycles. The van der Waals surface area contributed by atoms with Gasteiger partial charge in [-0.25, -0.2) is 0 Å². The first-order valence-corrected chi connectivity index (χ1v) is 6.05. The molecule has 100 valence electrons. The molecule has 1 aromatic carbocycles. The summed E-state index contributed by atoms with van der Waals surface area (Å²) in [6, 6.07) is 1.96. The highest BCUT2D eigenvalue weighted by Crippen LogP contribution is 2.31. The molecule has 19 heavy (non-hydrogen) atoms. The van der Waals surface area contributed by atoms with E-state index in [1.165, 1.54) is 0 Å². The van der Waals surface area contributed by atoms with Gasteiger partial charge >= 0.3 is 0 Å². The van der Waals surface area contributed by atoms with Gasteiger partial charge in [0.2, 0.25) is 5.96 Å². The van der Waals surface area contributed by atoms with Crippen molar-refractivity contribution < 1.29 is 0 Å². The Morgan fingerprint density at radius 2 is 1.89 bits per heavy atom. The molecule has 6 nitrogen and oxygen atoms in total. The Morgan fingerprint density at radius 1 is 1.21 bits per heavy atom. The van der Waals surface area contributed by atoms with Crippen LogP contribution in [0.2, 0.25) is 0 Å². The fourth-order valence-electron chi connectivity index (χ4n) is 2.45. The first kappa shape index (κ1) is 13.1. The summed E-state index contributed by atoms with van der Waals surface area (Å²) in [7, 11) is 0. The van der Waals surface area contributed by atoms with E-state index in [0.29, 0.717) is 0 Å². The minimum atomic E-state index is -0.0574. The zero-order valence-corrected chi connectivity index (χ0v) is 11.1. The van der Waals surface area contributed by atoms with Crippen LogP contribution in [0.25, 0.3) is 0 Å². The lowest BCUT2D eigenvalue weighted by Crippen LogP contribution is -2.22. The number of hydrogen-bond acceptors (Lipinski definition) is 3. The third kappa shape index (κ3) is 2.29. The number of amidine groups is 1. The van der Waals surface area contributed by atoms with Crippen LogP contribution in [0.15, 0.2) is 16.3 Å². The quantitative estimate of drug-likeness (QED) is 0.350. The van der Waals surface area contributed by atoms with Crippen molar-refractivity contribution in [1.82, 2.24) is 0 Å². The van der Waals surface area contributed by atoms with Crippen molar-refractivity contribution in [2.45, 2.75) is 26.7 Å². The molecule has 1 aliphatic rings. The molecule has 0 aliphatic heterocycles. The lowest BCUT2D eigenvalue weighted by atomic mass is 9.94. The topological polar surface area (TPSA) is 127 Å². The molecular weight excluding hydrogens is 240 g/mol. The Bertz CT molecular complexity index is 608. The summed E-state index contributed by atoms with van der Waals surface area (Å²) in [6.45, 7) is 4.03. The average molecular weight is 258 g/mol. The van der Waals surface area contributed by atoms with Crippen LogP contribution in [0.3, 0.4) is 0 Å². The highest BCUT2D eigenvalue weighted by molar-refractivity contribution is 6.10. The number of nitrogen functional groups attached to an aromatic ring is 1. The molecule has 1 aliphatic carbocycles. The van der Waals surface area contributed by atoms with Crippen molar-refractivity contribution in [2.24, 2.45) is 27.4 Å². The minimum absolute atomic E-state index is 0.0574. The van der Waals surface area contributed by atoms with Gasteiger partial charge in [0.05, 0.1) is 5.71 Å². The Labute approximate surface area is 111 Å². The number of benzene rings is 1. The first-order chi connectivity index (χ1) is 8.91. The van der Waals surface area contributed by atoms with E-state index in [2.05, 4.69) is 10.2 Å². The van der Waals surface area contributed by atoms with Gasteiger partial charge in [0.15, 0.2) is 0 Å². The van der Waals surface area contributed by atoms with E-state index < -0.39 is 0 Å². The maximum atomic E-state index is 7.68. The van der Waals surface area contributed by atoms with E-state index in [4.69, 9.17) is 22.6 Å². The maximum Gasteiger partial charge on any atom is 0.211 e. The summed E-state index contributed by atoms with van der Waals surface area (Å²) >= 11 is 0. The molecule has 0 radical (unpaired) electrons. The van der Waals surface area contributed by atoms with Gasteiger partial charge < -0.3 is 17.2 Å². The van der Waals surface area contributed by atoms with Gasteiger partial charge in [-0.1, -0.05) is 0 Å². The molecule has 7 N–H and O–H groups in total. The van der Waals surface area contributed by atoms with Gasteiger partial charge in [0, 0.05) is 11.1 Å². The van der Waals surface area contributed by atoms with Crippen molar-refractivity contribution in [3.8, 4) is 0 Å². The van der Waals surface area contributed by atoms with Gasteiger partial charge in [0.25, 0.3) is 0 Å². The average Bonchev–Trinajstić information content (AvgIpc) is 2.74. The molecule has 0 amide bonds. The fraction of sp³-hybridized carbons (Fsp3) is 0.308. The Morgan fingerprint density at radius 3 is 2.47 bits per heavy atom. The van der Waals surface area contributed by atoms with Crippen molar-refractivity contribution >= 4 is 17.5 Å². The largest absolute Gasteiger partial charge is 0.384 e. The zero-order chi connectivity index (χ0) is 14.2. The van der Waals surface area contributed by atoms with E-state index in [1.54, 1.807) is 0 Å². The van der Waals surface area contributed by atoms with Gasteiger partial charge in [-0.3, -0.25) is 5.41 Å². The third-order valence-electron chi connectivity index (χ3n) is 3.43. The standard InChI is InChI=1S/C13H18N6/c1-6-5-9(12(14)15)8-3-4-10(11(8)7(6)2)18-19-13(16)17/h5H,3-4H2,1-2H3,(H3,14,15)(H4,16,17,19). The number of guanidine groups is 1. The second-order valence-corrected chi connectivity index (χ2v) is 4.70. The molecule has 0 saturated carbocycles. The van der Waals surface area contributed by atoms with E-state index in [0.717, 1.165) is 46.4 Å². The molecule has 0 bridgehead atoms. The van der Waals surface area contributed by atoms with Crippen LogP contribution >= 0.6 is 0 Å². The predicted octanol–water partition coefficient (Wildman–Crippen LogP) is 0.511. The molecular formula is C13H18N6. The summed E-state index contributed by atoms with van der Waals surface area (Å²) in [4.78, 5) is 0. The molecule has 0 atom stereocenters. The summed E-state index contributed by atoms with van der Waals surface area (Å²) in [5.74, 6) is 0.0282. The van der Waals surface area contributed by atoms with E-state index in [-0.39, 0.29) is 11.8 Å². The second-order valence-electron chi connectivity index (χ2n) is 4.70. The molecule has 0 aromatic heterocycles. The molecule has 0 spiro atoms. The summed E-state index contributed by atoms with van der Waals surface area (Å²) < 4.78 is 0. The third-order valence-corrected chi connectivity index (χ3v) is 3.43. The molecule has 0 unspecified atom stereocenters. The Balaban J connectivity index is 2.65. The van der Waals surface area contributed by atoms with Gasteiger partial charge in [-0.05, 0) is 49.4 Å². The van der Waals surface area contributed by atoms with E-state index in [9.17, 15) is 0 Å². The lowest BCUT2D eigenvalue weighted by Gasteiger charge is -2.12. The van der Waals surface area contributed by atoms with Crippen LogP contribution in [0, 0.1) is 19.3 Å². The van der Waals surface area contributed by atoms with Crippen molar-refractivity contribution in [3.05, 3.63) is 33.9 Å². The molecule has 1 aromatic rings. The first-order valence-electron chi connectivity index (χ1n) is 6.05. The van der Waals surface area contributed by atoms with Crippen LogP contribution in [-0.2, 0) is 6.42 Å². The number of hydrogen-bond donors (Lipinski definition) is 4. The van der Waals surface area contributed by atoms with E-state index in [1.807, 2.05) is 19.9 Å². The van der Waals surface area contributed by atoms with Crippen LogP contribution in [-0.4, -0.2) is 17.5 Å². The van der Waals surface area contributed by atoms with Crippen LogP contribution in [0.1, 0.15) is 34.2 Å². The molecule has 0 heterocycles. The lowest BCUT2D eigenvalue weighted by molar-refractivity contribution is 1.07. The van der Waals surface area contributed by atoms with Crippen molar-refractivity contribution in [1.29, 1.82) is 5.41 Å². The van der Waals surface area contributed by atoms with E-state index >= 15 is 0 Å². The minimum Gasteiger partial charge on any atom is -0.384 e. The monoisotopic (exact) mass is 258 g/mol. The number of nitrogens with one attached hydrogen (secondary N) is 1. The second kappa shape index (κ2) is 4.72. The fourth-order valence-corrected chi connectivity index (χ4v) is 2.45. The number of aryl methyl sites for hydroxylation is 1. The maximum absolute atomic E-state index is 7.68. The summed E-state index contributed by atoms with van der Waals surface area (Å²) in [5, 5.41) is 15.5.